The van der Waals surface area contributed by atoms with Crippen LogP contribution in [0.1, 0.15) is 60.8 Å². The van der Waals surface area contributed by atoms with Crippen LogP contribution in [0.3, 0.4) is 0 Å². The van der Waals surface area contributed by atoms with Gasteiger partial charge in [-0.05, 0) is 43.6 Å². The van der Waals surface area contributed by atoms with E-state index in [4.69, 9.17) is 5.11 Å². The molecule has 1 amide bonds. The lowest BCUT2D eigenvalue weighted by Gasteiger charge is -2.35. The maximum atomic E-state index is 12.7. The Labute approximate surface area is 128 Å². The second kappa shape index (κ2) is 7.49. The summed E-state index contributed by atoms with van der Waals surface area (Å²) in [6, 6.07) is 0.0268. The van der Waals surface area contributed by atoms with E-state index < -0.39 is 5.97 Å². The van der Waals surface area contributed by atoms with E-state index >= 15 is 0 Å². The van der Waals surface area contributed by atoms with Gasteiger partial charge in [-0.15, -0.1) is 5.10 Å². The minimum atomic E-state index is -0.806. The van der Waals surface area contributed by atoms with Crippen LogP contribution in [0, 0.1) is 0 Å². The van der Waals surface area contributed by atoms with Gasteiger partial charge in [-0.25, -0.2) is 0 Å². The number of carbonyl (C=O) groups excluding carboxylic acids is 1. The van der Waals surface area contributed by atoms with Gasteiger partial charge < -0.3 is 10.0 Å². The van der Waals surface area contributed by atoms with Gasteiger partial charge in [0.1, 0.15) is 4.88 Å². The van der Waals surface area contributed by atoms with Crippen molar-refractivity contribution in [3.63, 3.8) is 0 Å². The Morgan fingerprint density at radius 2 is 2.24 bits per heavy atom. The van der Waals surface area contributed by atoms with Gasteiger partial charge in [-0.1, -0.05) is 17.8 Å². The number of likely N-dealkylation sites (tertiary alicyclic amines) is 1. The monoisotopic (exact) mass is 311 g/mol. The van der Waals surface area contributed by atoms with E-state index in [0.29, 0.717) is 17.8 Å². The lowest BCUT2D eigenvalue weighted by Crippen LogP contribution is -2.44. The summed E-state index contributed by atoms with van der Waals surface area (Å²) in [6.45, 7) is 2.75. The molecular weight excluding hydrogens is 290 g/mol. The number of hydrogen-bond acceptors (Lipinski definition) is 5. The molecule has 2 heterocycles. The Bertz CT molecular complexity index is 503. The Morgan fingerprint density at radius 3 is 2.95 bits per heavy atom. The lowest BCUT2D eigenvalue weighted by atomic mass is 9.97. The summed E-state index contributed by atoms with van der Waals surface area (Å²) in [5.41, 5.74) is 0.773. The SMILES string of the molecule is CCCc1nnsc1C(=O)N1CCCCC1CCC(=O)O. The van der Waals surface area contributed by atoms with Gasteiger partial charge in [0.05, 0.1) is 5.69 Å². The number of rotatable bonds is 6. The third-order valence-corrected chi connectivity index (χ3v) is 4.57. The van der Waals surface area contributed by atoms with E-state index in [1.807, 2.05) is 11.8 Å². The number of aryl methyl sites for hydroxylation is 1. The first kappa shape index (κ1) is 15.9. The molecule has 0 saturated carbocycles. The van der Waals surface area contributed by atoms with Crippen molar-refractivity contribution in [2.24, 2.45) is 0 Å². The fourth-order valence-electron chi connectivity index (χ4n) is 2.76. The van der Waals surface area contributed by atoms with Crippen LogP contribution in [-0.4, -0.2) is 44.1 Å². The van der Waals surface area contributed by atoms with E-state index in [-0.39, 0.29) is 18.4 Å². The number of piperidine rings is 1. The van der Waals surface area contributed by atoms with Crippen molar-refractivity contribution in [3.8, 4) is 0 Å². The van der Waals surface area contributed by atoms with Crippen molar-refractivity contribution in [2.45, 2.75) is 57.9 Å². The first-order valence-corrected chi connectivity index (χ1v) is 8.24. The third-order valence-electron chi connectivity index (χ3n) is 3.82. The summed E-state index contributed by atoms with van der Waals surface area (Å²) in [4.78, 5) is 25.9. The molecule has 1 aliphatic heterocycles. The first-order valence-electron chi connectivity index (χ1n) is 7.47. The molecule has 1 atom stereocenters. The molecule has 1 aromatic heterocycles. The minimum absolute atomic E-state index is 0.0245. The molecule has 1 aromatic rings. The zero-order chi connectivity index (χ0) is 15.2. The van der Waals surface area contributed by atoms with Crippen LogP contribution in [0.15, 0.2) is 0 Å². The molecule has 21 heavy (non-hydrogen) atoms. The van der Waals surface area contributed by atoms with Crippen LogP contribution in [0.2, 0.25) is 0 Å². The average Bonchev–Trinajstić information content (AvgIpc) is 2.93. The Morgan fingerprint density at radius 1 is 1.43 bits per heavy atom. The molecule has 1 fully saturated rings. The molecule has 1 saturated heterocycles. The van der Waals surface area contributed by atoms with Crippen molar-refractivity contribution in [3.05, 3.63) is 10.6 Å². The molecule has 2 rings (SSSR count). The predicted molar refractivity (Wildman–Crippen MR) is 79.4 cm³/mol. The van der Waals surface area contributed by atoms with Gasteiger partial charge in [0, 0.05) is 19.0 Å². The maximum Gasteiger partial charge on any atom is 0.303 e. The average molecular weight is 311 g/mol. The quantitative estimate of drug-likeness (QED) is 0.872. The summed E-state index contributed by atoms with van der Waals surface area (Å²) in [7, 11) is 0. The van der Waals surface area contributed by atoms with Crippen LogP contribution in [0.5, 0.6) is 0 Å². The maximum absolute atomic E-state index is 12.7. The molecule has 0 spiro atoms. The van der Waals surface area contributed by atoms with Gasteiger partial charge >= 0.3 is 5.97 Å². The summed E-state index contributed by atoms with van der Waals surface area (Å²) in [5, 5.41) is 12.9. The number of carboxylic acid groups (broad SMARTS) is 1. The number of carboxylic acids is 1. The lowest BCUT2D eigenvalue weighted by molar-refractivity contribution is -0.137. The molecule has 6 nitrogen and oxygen atoms in total. The molecule has 1 N–H and O–H groups in total. The number of aliphatic carboxylic acids is 1. The van der Waals surface area contributed by atoms with Gasteiger partial charge in [0.25, 0.3) is 5.91 Å². The highest BCUT2D eigenvalue weighted by molar-refractivity contribution is 7.08. The van der Waals surface area contributed by atoms with Crippen LogP contribution < -0.4 is 0 Å². The largest absolute Gasteiger partial charge is 0.481 e. The molecule has 0 aliphatic carbocycles. The van der Waals surface area contributed by atoms with Crippen molar-refractivity contribution < 1.29 is 14.7 Å². The number of aromatic nitrogens is 2. The number of hydrogen-bond donors (Lipinski definition) is 1. The van der Waals surface area contributed by atoms with Gasteiger partial charge in [0.2, 0.25) is 0 Å². The fourth-order valence-corrected chi connectivity index (χ4v) is 3.42. The molecular formula is C14H21N3O3S. The van der Waals surface area contributed by atoms with Crippen molar-refractivity contribution >= 4 is 23.4 Å². The van der Waals surface area contributed by atoms with Crippen molar-refractivity contribution in [2.75, 3.05) is 6.54 Å². The molecule has 7 heteroatoms. The topological polar surface area (TPSA) is 83.4 Å². The molecule has 0 aromatic carbocycles. The second-order valence-electron chi connectivity index (χ2n) is 5.38. The molecule has 1 unspecified atom stereocenters. The summed E-state index contributed by atoms with van der Waals surface area (Å²) in [5.74, 6) is -0.831. The van der Waals surface area contributed by atoms with E-state index in [1.165, 1.54) is 0 Å². The smallest absolute Gasteiger partial charge is 0.303 e. The van der Waals surface area contributed by atoms with E-state index in [2.05, 4.69) is 9.59 Å². The first-order chi connectivity index (χ1) is 10.1. The van der Waals surface area contributed by atoms with Gasteiger partial charge in [0.15, 0.2) is 0 Å². The zero-order valence-electron chi connectivity index (χ0n) is 12.2. The highest BCUT2D eigenvalue weighted by atomic mass is 32.1. The number of carbonyl (C=O) groups is 2. The highest BCUT2D eigenvalue weighted by Gasteiger charge is 2.30. The van der Waals surface area contributed by atoms with E-state index in [1.54, 1.807) is 0 Å². The van der Waals surface area contributed by atoms with Crippen LogP contribution in [0.25, 0.3) is 0 Å². The molecule has 0 bridgehead atoms. The van der Waals surface area contributed by atoms with Crippen molar-refractivity contribution in [1.82, 2.24) is 14.5 Å². The van der Waals surface area contributed by atoms with Gasteiger partial charge in [-0.3, -0.25) is 9.59 Å². The fraction of sp³-hybridized carbons (Fsp3) is 0.714. The number of nitrogens with zero attached hydrogens (tertiary/aromatic N) is 3. The Kier molecular flexibility index (Phi) is 5.67. The normalized spacial score (nSPS) is 18.7. The summed E-state index contributed by atoms with van der Waals surface area (Å²) in [6.07, 6.45) is 5.23. The Hall–Kier alpha value is -1.50. The van der Waals surface area contributed by atoms with E-state index in [9.17, 15) is 9.59 Å². The summed E-state index contributed by atoms with van der Waals surface area (Å²) < 4.78 is 3.91. The number of amides is 1. The summed E-state index contributed by atoms with van der Waals surface area (Å²) >= 11 is 1.15. The zero-order valence-corrected chi connectivity index (χ0v) is 13.1. The molecule has 1 aliphatic rings. The Balaban J connectivity index is 2.10. The molecule has 116 valence electrons. The van der Waals surface area contributed by atoms with Crippen molar-refractivity contribution in [1.29, 1.82) is 0 Å². The van der Waals surface area contributed by atoms with Crippen LogP contribution in [-0.2, 0) is 11.2 Å². The second-order valence-corrected chi connectivity index (χ2v) is 6.13. The van der Waals surface area contributed by atoms with E-state index in [0.717, 1.165) is 49.3 Å². The van der Waals surface area contributed by atoms with Crippen LogP contribution >= 0.6 is 11.5 Å². The highest BCUT2D eigenvalue weighted by Crippen LogP contribution is 2.25. The third kappa shape index (κ3) is 4.00. The van der Waals surface area contributed by atoms with Crippen LogP contribution in [0.4, 0.5) is 0 Å². The predicted octanol–water partition coefficient (Wildman–Crippen LogP) is 2.35. The molecule has 0 radical (unpaired) electrons. The standard InChI is InChI=1S/C14H21N3O3S/c1-2-5-11-13(21-16-15-11)14(20)17-9-4-3-6-10(17)7-8-12(18)19/h10H,2-9H2,1H3,(H,18,19). The van der Waals surface area contributed by atoms with Gasteiger partial charge in [-0.2, -0.15) is 0 Å². The minimum Gasteiger partial charge on any atom is -0.481 e.